The smallest absolute Gasteiger partial charge is 0.192 e. The van der Waals surface area contributed by atoms with E-state index >= 15 is 0 Å². The molecule has 1 unspecified atom stereocenters. The molecule has 0 spiro atoms. The number of hydrogen-bond acceptors (Lipinski definition) is 12. The van der Waals surface area contributed by atoms with Gasteiger partial charge in [0.15, 0.2) is 12.1 Å². The normalized spacial score (nSPS) is 50.8. The molecule has 0 radical (unpaired) electrons. The largest absolute Gasteiger partial charge is 0.394 e. The van der Waals surface area contributed by atoms with E-state index in [1.54, 1.807) is 0 Å². The van der Waals surface area contributed by atoms with Crippen LogP contribution in [-0.2, 0) is 9.47 Å². The molecular formula is C13H26O12. The lowest BCUT2D eigenvalue weighted by atomic mass is 9.94. The Morgan fingerprint density at radius 1 is 0.720 bits per heavy atom. The summed E-state index contributed by atoms with van der Waals surface area (Å²) in [5.41, 5.74) is 0. The number of aliphatic hydroxyl groups excluding tert-OH is 9. The minimum Gasteiger partial charge on any atom is -0.394 e. The second kappa shape index (κ2) is 8.94. The van der Waals surface area contributed by atoms with E-state index in [2.05, 4.69) is 4.74 Å². The summed E-state index contributed by atoms with van der Waals surface area (Å²) in [6, 6.07) is 0. The minimum atomic E-state index is -1.95. The zero-order chi connectivity index (χ0) is 19.5. The van der Waals surface area contributed by atoms with Crippen LogP contribution in [0.3, 0.4) is 0 Å². The Morgan fingerprint density at radius 3 is 1.68 bits per heavy atom. The molecule has 150 valence electrons. The van der Waals surface area contributed by atoms with Crippen LogP contribution in [0.1, 0.15) is 6.92 Å². The van der Waals surface area contributed by atoms with Crippen LogP contribution in [0.15, 0.2) is 0 Å². The van der Waals surface area contributed by atoms with Crippen molar-refractivity contribution in [2.75, 3.05) is 13.2 Å². The average Bonchev–Trinajstić information content (AvgIpc) is 2.58. The highest BCUT2D eigenvalue weighted by Crippen LogP contribution is 2.27. The topological polar surface area (TPSA) is 221 Å². The maximum absolute atomic E-state index is 9.38. The lowest BCUT2D eigenvalue weighted by Crippen LogP contribution is -2.63. The molecule has 2 aliphatic heterocycles. The molecule has 2 aliphatic rings. The molecule has 0 aromatic carbocycles. The van der Waals surface area contributed by atoms with Gasteiger partial charge in [-0.25, -0.2) is 0 Å². The molecule has 12 heteroatoms. The molecule has 2 heterocycles. The van der Waals surface area contributed by atoms with E-state index in [0.717, 1.165) is 6.92 Å². The van der Waals surface area contributed by atoms with Gasteiger partial charge in [-0.05, 0) is 6.92 Å². The van der Waals surface area contributed by atoms with Crippen molar-refractivity contribution in [3.05, 3.63) is 0 Å². The zero-order valence-corrected chi connectivity index (χ0v) is 13.4. The van der Waals surface area contributed by atoms with Crippen LogP contribution >= 0.6 is 0 Å². The second-order valence-corrected chi connectivity index (χ2v) is 6.04. The summed E-state index contributed by atoms with van der Waals surface area (Å²) in [4.78, 5) is 0. The highest BCUT2D eigenvalue weighted by molar-refractivity contribution is 4.93. The molecule has 2 saturated heterocycles. The Kier molecular flexibility index (Phi) is 8.07. The van der Waals surface area contributed by atoms with Crippen molar-refractivity contribution < 1.29 is 60.5 Å². The summed E-state index contributed by atoms with van der Waals surface area (Å²) in [5, 5.41) is 90.4. The summed E-state index contributed by atoms with van der Waals surface area (Å²) in [6.45, 7) is 0.0819. The van der Waals surface area contributed by atoms with E-state index in [1.165, 1.54) is 0 Å². The van der Waals surface area contributed by atoms with E-state index < -0.39 is 74.1 Å². The fourth-order valence-corrected chi connectivity index (χ4v) is 2.40. The number of rotatable bonds is 2. The monoisotopic (exact) mass is 374 g/mol. The van der Waals surface area contributed by atoms with Crippen LogP contribution in [0.4, 0.5) is 0 Å². The van der Waals surface area contributed by atoms with Crippen molar-refractivity contribution in [1.29, 1.82) is 0 Å². The van der Waals surface area contributed by atoms with E-state index in [1.807, 2.05) is 0 Å². The Bertz CT molecular complexity index is 400. The fourth-order valence-electron chi connectivity index (χ4n) is 2.40. The summed E-state index contributed by atoms with van der Waals surface area (Å²) < 4.78 is 9.34. The SMILES string of the molecule is C[C@]1(O)O[C@H](CO)[C@@H](O)[C@H](O)[C@H]1O.OC[C@H]1OC(O)[C@H](O)[C@@H](O)[C@@H]1O. The Balaban J connectivity index is 0.000000251. The number of hydrogen-bond donors (Lipinski definition) is 10. The van der Waals surface area contributed by atoms with Crippen LogP contribution in [0.5, 0.6) is 0 Å². The molecule has 0 bridgehead atoms. The fraction of sp³-hybridized carbons (Fsp3) is 1.00. The number of aliphatic hydroxyl groups is 10. The molecule has 12 nitrogen and oxygen atoms in total. The minimum absolute atomic E-state index is 0.526. The van der Waals surface area contributed by atoms with Gasteiger partial charge in [0.25, 0.3) is 0 Å². The van der Waals surface area contributed by atoms with E-state index in [9.17, 15) is 20.4 Å². The molecule has 0 aromatic heterocycles. The van der Waals surface area contributed by atoms with Crippen LogP contribution in [0, 0.1) is 0 Å². The van der Waals surface area contributed by atoms with Crippen LogP contribution in [0.2, 0.25) is 0 Å². The van der Waals surface area contributed by atoms with Gasteiger partial charge in [0, 0.05) is 0 Å². The summed E-state index contributed by atoms with van der Waals surface area (Å²) in [6.07, 6.45) is -12.7. The Labute approximate surface area is 142 Å². The predicted molar refractivity (Wildman–Crippen MR) is 76.6 cm³/mol. The van der Waals surface area contributed by atoms with Crippen molar-refractivity contribution in [2.45, 2.75) is 67.8 Å². The summed E-state index contributed by atoms with van der Waals surface area (Å²) in [7, 11) is 0. The number of ether oxygens (including phenoxy) is 2. The van der Waals surface area contributed by atoms with Gasteiger partial charge < -0.3 is 60.5 Å². The zero-order valence-electron chi connectivity index (χ0n) is 13.4. The van der Waals surface area contributed by atoms with Crippen molar-refractivity contribution in [1.82, 2.24) is 0 Å². The lowest BCUT2D eigenvalue weighted by molar-refractivity contribution is -0.341. The Hall–Kier alpha value is -0.480. The van der Waals surface area contributed by atoms with Gasteiger partial charge in [-0.3, -0.25) is 0 Å². The molecule has 0 aromatic rings. The van der Waals surface area contributed by atoms with Gasteiger partial charge in [-0.1, -0.05) is 0 Å². The third-order valence-corrected chi connectivity index (χ3v) is 4.04. The van der Waals surface area contributed by atoms with Crippen LogP contribution in [0.25, 0.3) is 0 Å². The summed E-state index contributed by atoms with van der Waals surface area (Å²) in [5.74, 6) is -1.95. The molecule has 2 rings (SSSR count). The molecule has 0 aliphatic carbocycles. The van der Waals surface area contributed by atoms with Gasteiger partial charge in [0.2, 0.25) is 0 Å². The van der Waals surface area contributed by atoms with Crippen molar-refractivity contribution in [3.63, 3.8) is 0 Å². The van der Waals surface area contributed by atoms with Crippen molar-refractivity contribution in [3.8, 4) is 0 Å². The first-order chi connectivity index (χ1) is 11.5. The molecular weight excluding hydrogens is 348 g/mol. The highest BCUT2D eigenvalue weighted by Gasteiger charge is 2.49. The average molecular weight is 374 g/mol. The maximum atomic E-state index is 9.38. The Morgan fingerprint density at radius 2 is 1.20 bits per heavy atom. The van der Waals surface area contributed by atoms with Crippen LogP contribution < -0.4 is 0 Å². The van der Waals surface area contributed by atoms with Gasteiger partial charge >= 0.3 is 0 Å². The predicted octanol–water partition coefficient (Wildman–Crippen LogP) is -6.05. The third-order valence-electron chi connectivity index (χ3n) is 4.04. The molecule has 25 heavy (non-hydrogen) atoms. The maximum Gasteiger partial charge on any atom is 0.192 e. The van der Waals surface area contributed by atoms with E-state index in [0.29, 0.717) is 0 Å². The second-order valence-electron chi connectivity index (χ2n) is 6.04. The van der Waals surface area contributed by atoms with Gasteiger partial charge in [-0.2, -0.15) is 0 Å². The molecule has 2 fully saturated rings. The summed E-state index contributed by atoms with van der Waals surface area (Å²) >= 11 is 0. The first-order valence-corrected chi connectivity index (χ1v) is 7.51. The van der Waals surface area contributed by atoms with Crippen molar-refractivity contribution >= 4 is 0 Å². The first kappa shape index (κ1) is 22.6. The van der Waals surface area contributed by atoms with E-state index in [-0.39, 0.29) is 0 Å². The van der Waals surface area contributed by atoms with Gasteiger partial charge in [0.05, 0.1) is 13.2 Å². The molecule has 10 N–H and O–H groups in total. The third kappa shape index (κ3) is 5.03. The molecule has 0 saturated carbocycles. The van der Waals surface area contributed by atoms with Crippen LogP contribution in [-0.4, -0.2) is 125 Å². The van der Waals surface area contributed by atoms with Gasteiger partial charge in [-0.15, -0.1) is 0 Å². The molecule has 10 atom stereocenters. The first-order valence-electron chi connectivity index (χ1n) is 7.51. The van der Waals surface area contributed by atoms with Gasteiger partial charge in [0.1, 0.15) is 48.8 Å². The highest BCUT2D eigenvalue weighted by atomic mass is 16.7. The quantitative estimate of drug-likeness (QED) is 0.218. The standard InChI is InChI=1S/C7H14O6.C6H12O6/c1-7(12)6(11)5(10)4(9)3(2-8)13-7;7-1-2-3(8)4(9)5(10)6(11)12-2/h3-6,8-12H,2H2,1H3;2-11H,1H2/t3-,4-,5+,6-,7+;2-,3-,4+,5-,6?/m11/s1. The van der Waals surface area contributed by atoms with Crippen molar-refractivity contribution in [2.24, 2.45) is 0 Å². The van der Waals surface area contributed by atoms with E-state index in [4.69, 9.17) is 35.4 Å². The molecule has 0 amide bonds. The lowest BCUT2D eigenvalue weighted by Gasteiger charge is -2.43.